The van der Waals surface area contributed by atoms with Crippen LogP contribution in [0.25, 0.3) is 0 Å². The zero-order chi connectivity index (χ0) is 51.7. The number of rotatable bonds is 16. The number of benzene rings is 2. The van der Waals surface area contributed by atoms with E-state index in [1.165, 1.54) is 19.2 Å². The van der Waals surface area contributed by atoms with Crippen LogP contribution >= 0.6 is 0 Å². The van der Waals surface area contributed by atoms with Crippen molar-refractivity contribution in [3.05, 3.63) is 63.7 Å². The van der Waals surface area contributed by atoms with E-state index in [9.17, 15) is 53.4 Å². The maximum Gasteiger partial charge on any atom is 0.253 e. The topological polar surface area (TPSA) is 316 Å². The van der Waals surface area contributed by atoms with E-state index in [0.717, 1.165) is 17.1 Å². The van der Waals surface area contributed by atoms with Gasteiger partial charge in [0.1, 0.15) is 23.4 Å². The lowest BCUT2D eigenvalue weighted by Crippen LogP contribution is -2.84. The van der Waals surface area contributed by atoms with Crippen LogP contribution < -0.4 is 31.3 Å². The van der Waals surface area contributed by atoms with Gasteiger partial charge in [0.15, 0.2) is 24.6 Å². The molecule has 2 aromatic rings. The highest BCUT2D eigenvalue weighted by Gasteiger charge is 2.69. The molecular weight excluding hydrogens is 959 g/mol. The number of hydrogen-bond acceptors (Lipinski definition) is 18. The standard InChI is InChI=1S/C49H55N7O17/c1-22-44-26(55-11-12-70-47(69-3)46(55)73-44)15-35(71-22)72-28-14-23(13-25-37(28)43(66)39-38(41(25)64)40(63)24-5-4-6-27(68-2)36(24)42(39)65)45(67)54-49-19-48(20-49,21-49)53-32(60)18-52-31(59)17-51-30(58)16-50-29(57)9-10-56-33(61)7-8-34(56)62/h4-8,22-23,26,28,35,44,46-47,64,66H,9-21H2,1-3H3,(H,50,57)(H,51,58)(H,52,59)(H,53,60)(H,54,67)/t22-,23?,26-,28?,35-,44+,46+,47-,48?,49?/m1/s1. The highest BCUT2D eigenvalue weighted by molar-refractivity contribution is 6.31. The molecule has 0 spiro atoms. The van der Waals surface area contributed by atoms with Gasteiger partial charge in [-0.2, -0.15) is 0 Å². The Kier molecular flexibility index (Phi) is 13.1. The van der Waals surface area contributed by atoms with Crippen LogP contribution in [0, 0.1) is 5.92 Å². The van der Waals surface area contributed by atoms with E-state index < -0.39 is 138 Å². The minimum Gasteiger partial charge on any atom is -0.507 e. The van der Waals surface area contributed by atoms with Gasteiger partial charge < -0.3 is 65.2 Å². The molecule has 6 fully saturated rings. The van der Waals surface area contributed by atoms with Gasteiger partial charge in [-0.05, 0) is 45.1 Å². The first-order chi connectivity index (χ1) is 34.9. The number of phenols is 2. The molecule has 8 atom stereocenters. The van der Waals surface area contributed by atoms with Crippen molar-refractivity contribution in [2.45, 2.75) is 106 Å². The summed E-state index contributed by atoms with van der Waals surface area (Å²) < 4.78 is 36.3. The summed E-state index contributed by atoms with van der Waals surface area (Å²) in [5, 5.41) is 37.4. The average molecular weight is 1010 g/mol. The van der Waals surface area contributed by atoms with Crippen molar-refractivity contribution in [1.82, 2.24) is 36.4 Å². The molecule has 0 radical (unpaired) electrons. The van der Waals surface area contributed by atoms with E-state index in [-0.39, 0.29) is 71.5 Å². The number of nitrogens with one attached hydrogen (secondary N) is 5. The molecule has 3 saturated heterocycles. The smallest absolute Gasteiger partial charge is 0.253 e. The van der Waals surface area contributed by atoms with E-state index in [2.05, 4.69) is 31.5 Å². The largest absolute Gasteiger partial charge is 0.507 e. The van der Waals surface area contributed by atoms with Crippen molar-refractivity contribution in [3.63, 3.8) is 0 Å². The lowest BCUT2D eigenvalue weighted by Gasteiger charge is -2.70. The molecule has 7 N–H and O–H groups in total. The lowest BCUT2D eigenvalue weighted by atomic mass is 9.44. The number of aromatic hydroxyl groups is 2. The Morgan fingerprint density at radius 2 is 1.45 bits per heavy atom. The Labute approximate surface area is 416 Å². The Balaban J connectivity index is 0.768. The summed E-state index contributed by atoms with van der Waals surface area (Å²) in [6.07, 6.45) is -0.597. The summed E-state index contributed by atoms with van der Waals surface area (Å²) >= 11 is 0. The first-order valence-corrected chi connectivity index (χ1v) is 24.1. The fourth-order valence-electron chi connectivity index (χ4n) is 11.9. The molecule has 3 saturated carbocycles. The molecule has 388 valence electrons. The van der Waals surface area contributed by atoms with Crippen LogP contribution in [0.2, 0.25) is 0 Å². The number of phenolic OH excluding ortho intramolecular Hbond substituents is 2. The minimum atomic E-state index is -1.11. The Morgan fingerprint density at radius 3 is 2.14 bits per heavy atom. The molecule has 4 aliphatic heterocycles. The highest BCUT2D eigenvalue weighted by atomic mass is 16.7. The van der Waals surface area contributed by atoms with Crippen molar-refractivity contribution < 1.29 is 81.8 Å². The fourth-order valence-corrected chi connectivity index (χ4v) is 11.9. The maximum atomic E-state index is 14.4. The zero-order valence-electron chi connectivity index (χ0n) is 40.1. The van der Waals surface area contributed by atoms with Gasteiger partial charge in [-0.3, -0.25) is 53.0 Å². The summed E-state index contributed by atoms with van der Waals surface area (Å²) in [5.41, 5.74) is -2.00. The summed E-state index contributed by atoms with van der Waals surface area (Å²) in [6.45, 7) is 1.34. The number of amides is 7. The molecule has 7 amide bonds. The number of nitrogens with zero attached hydrogens (tertiary/aromatic N) is 2. The molecule has 5 aliphatic carbocycles. The zero-order valence-corrected chi connectivity index (χ0v) is 40.1. The second-order valence-electron chi connectivity index (χ2n) is 19.8. The van der Waals surface area contributed by atoms with Crippen molar-refractivity contribution in [1.29, 1.82) is 0 Å². The predicted molar refractivity (Wildman–Crippen MR) is 245 cm³/mol. The van der Waals surface area contributed by atoms with E-state index in [4.69, 9.17) is 28.4 Å². The van der Waals surface area contributed by atoms with Gasteiger partial charge in [0.25, 0.3) is 11.8 Å². The summed E-state index contributed by atoms with van der Waals surface area (Å²) in [6, 6.07) is 4.33. The predicted octanol–water partition coefficient (Wildman–Crippen LogP) is -1.39. The summed E-state index contributed by atoms with van der Waals surface area (Å²) in [7, 11) is 2.89. The van der Waals surface area contributed by atoms with E-state index in [0.29, 0.717) is 38.8 Å². The van der Waals surface area contributed by atoms with Crippen molar-refractivity contribution in [3.8, 4) is 17.2 Å². The molecule has 2 bridgehead atoms. The van der Waals surface area contributed by atoms with E-state index in [1.54, 1.807) is 13.2 Å². The number of methoxy groups -OCH3 is 2. The van der Waals surface area contributed by atoms with Gasteiger partial charge >= 0.3 is 0 Å². The highest BCUT2D eigenvalue weighted by Crippen LogP contribution is 2.61. The molecule has 9 aliphatic rings. The maximum absolute atomic E-state index is 14.4. The van der Waals surface area contributed by atoms with Crippen LogP contribution in [0.4, 0.5) is 0 Å². The van der Waals surface area contributed by atoms with E-state index >= 15 is 0 Å². The minimum absolute atomic E-state index is 0.00647. The van der Waals surface area contributed by atoms with Gasteiger partial charge in [0.2, 0.25) is 35.3 Å². The van der Waals surface area contributed by atoms with Crippen LogP contribution in [0.5, 0.6) is 17.2 Å². The quantitative estimate of drug-likeness (QED) is 0.0642. The van der Waals surface area contributed by atoms with Crippen LogP contribution in [0.3, 0.4) is 0 Å². The molecule has 4 heterocycles. The normalized spacial score (nSPS) is 30.4. The third kappa shape index (κ3) is 8.98. The van der Waals surface area contributed by atoms with Crippen molar-refractivity contribution in [2.24, 2.45) is 5.92 Å². The second kappa shape index (κ2) is 19.2. The monoisotopic (exact) mass is 1010 g/mol. The Hall–Kier alpha value is -6.83. The molecule has 2 aromatic carbocycles. The molecule has 11 rings (SSSR count). The molecule has 0 aromatic heterocycles. The number of morpholine rings is 1. The molecular formula is C49H55N7O17. The number of fused-ring (bicyclic) bond motifs is 6. The van der Waals surface area contributed by atoms with Gasteiger partial charge in [-0.1, -0.05) is 12.1 Å². The number of imide groups is 1. The van der Waals surface area contributed by atoms with E-state index in [1.807, 2.05) is 6.92 Å². The number of carbonyl (C=O) groups excluding carboxylic acids is 9. The number of carbonyl (C=O) groups is 9. The third-order valence-corrected chi connectivity index (χ3v) is 15.1. The molecule has 2 unspecified atom stereocenters. The van der Waals surface area contributed by atoms with Crippen molar-refractivity contribution in [2.75, 3.05) is 53.6 Å². The van der Waals surface area contributed by atoms with Gasteiger partial charge in [-0.15, -0.1) is 0 Å². The van der Waals surface area contributed by atoms with Gasteiger partial charge in [0, 0.05) is 84.9 Å². The van der Waals surface area contributed by atoms with Crippen LogP contribution in [0.15, 0.2) is 30.4 Å². The average Bonchev–Trinajstić information content (AvgIpc) is 3.90. The molecule has 24 heteroatoms. The first kappa shape index (κ1) is 49.7. The van der Waals surface area contributed by atoms with Crippen LogP contribution in [-0.4, -0.2) is 175 Å². The third-order valence-electron chi connectivity index (χ3n) is 15.1. The number of ketones is 2. The first-order valence-electron chi connectivity index (χ1n) is 24.1. The molecule has 73 heavy (non-hydrogen) atoms. The second-order valence-corrected chi connectivity index (χ2v) is 19.8. The summed E-state index contributed by atoms with van der Waals surface area (Å²) in [4.78, 5) is 119. The lowest BCUT2D eigenvalue weighted by molar-refractivity contribution is -0.254. The SMILES string of the molecule is COc1cccc2c1C(=O)c1c(O)c3c(c(O)c1C2=O)CC(C(=O)NC12CC(NC(=O)CNC(=O)CNC(=O)CNC(=O)CCN4C(=O)C=CC4=O)(C1)C2)CC3O[C@@H]1C[C@@H]2[C@@H](O[C@H]3[C@H](OC)OCCN23)[C@@H](C)O1. The molecule has 24 nitrogen and oxygen atoms in total. The van der Waals surface area contributed by atoms with Gasteiger partial charge in [0.05, 0.1) is 62.2 Å². The Morgan fingerprint density at radius 1 is 0.795 bits per heavy atom. The summed E-state index contributed by atoms with van der Waals surface area (Å²) in [5.74, 6) is -7.16. The van der Waals surface area contributed by atoms with Gasteiger partial charge in [-0.25, -0.2) is 0 Å². The Bertz CT molecular complexity index is 2720. The van der Waals surface area contributed by atoms with Crippen LogP contribution in [-0.2, 0) is 63.7 Å². The van der Waals surface area contributed by atoms with Crippen molar-refractivity contribution >= 4 is 52.9 Å². The number of hydrogen-bond donors (Lipinski definition) is 7. The fraction of sp³-hybridized carbons (Fsp3) is 0.531. The number of ether oxygens (including phenoxy) is 6. The van der Waals surface area contributed by atoms with Crippen LogP contribution in [0.1, 0.15) is 94.5 Å².